The van der Waals surface area contributed by atoms with Crippen molar-refractivity contribution in [3.8, 4) is 17.1 Å². The van der Waals surface area contributed by atoms with Gasteiger partial charge < -0.3 is 4.43 Å². The van der Waals surface area contributed by atoms with E-state index in [9.17, 15) is 0 Å². The van der Waals surface area contributed by atoms with Crippen molar-refractivity contribution in [1.29, 1.82) is 0 Å². The molecule has 0 saturated heterocycles. The van der Waals surface area contributed by atoms with E-state index in [1.807, 2.05) is 42.1 Å². The topological polar surface area (TPSA) is 65.7 Å². The zero-order chi connectivity index (χ0) is 23.8. The van der Waals surface area contributed by atoms with Crippen molar-refractivity contribution >= 4 is 24.8 Å². The van der Waals surface area contributed by atoms with Gasteiger partial charge in [-0.15, -0.1) is 0 Å². The minimum absolute atomic E-state index is 0.157. The van der Waals surface area contributed by atoms with Gasteiger partial charge in [-0.1, -0.05) is 45.5 Å². The van der Waals surface area contributed by atoms with Crippen molar-refractivity contribution in [2.24, 2.45) is 0 Å². The Bertz CT molecular complexity index is 1320. The van der Waals surface area contributed by atoms with Crippen LogP contribution >= 0.6 is 0 Å². The number of hydrogen-bond acceptors (Lipinski definition) is 5. The highest BCUT2D eigenvalue weighted by Crippen LogP contribution is 2.37. The number of allylic oxidation sites excluding steroid dienone is 1. The lowest BCUT2D eigenvalue weighted by Gasteiger charge is -2.36. The second kappa shape index (κ2) is 8.65. The number of hydrogen-bond donors (Lipinski definition) is 0. The summed E-state index contributed by atoms with van der Waals surface area (Å²) < 4.78 is 8.24. The van der Waals surface area contributed by atoms with Gasteiger partial charge in [-0.25, -0.2) is 19.6 Å². The fourth-order valence-electron chi connectivity index (χ4n) is 3.22. The van der Waals surface area contributed by atoms with Gasteiger partial charge in [0.15, 0.2) is 20.0 Å². The normalized spacial score (nSPS) is 12.3. The van der Waals surface area contributed by atoms with E-state index < -0.39 is 8.32 Å². The molecule has 0 fully saturated rings. The largest absolute Gasteiger partial charge is 0.411 e. The van der Waals surface area contributed by atoms with Crippen molar-refractivity contribution in [3.05, 3.63) is 73.0 Å². The molecule has 1 aromatic carbocycles. The summed E-state index contributed by atoms with van der Waals surface area (Å²) in [5.74, 6) is 1.42. The summed E-state index contributed by atoms with van der Waals surface area (Å²) in [5, 5.41) is 5.81. The maximum Gasteiger partial charge on any atom is 0.192 e. The molecule has 0 bridgehead atoms. The fourth-order valence-corrected chi connectivity index (χ4v) is 4.16. The van der Waals surface area contributed by atoms with Crippen LogP contribution in [-0.4, -0.2) is 33.0 Å². The van der Waals surface area contributed by atoms with E-state index in [-0.39, 0.29) is 5.04 Å². The second-order valence-corrected chi connectivity index (χ2v) is 14.7. The average Bonchev–Trinajstić information content (AvgIpc) is 3.20. The molecule has 0 spiro atoms. The lowest BCUT2D eigenvalue weighted by Crippen LogP contribution is -2.40. The van der Waals surface area contributed by atoms with Crippen LogP contribution in [0, 0.1) is 0 Å². The summed E-state index contributed by atoms with van der Waals surface area (Å²) in [6.07, 6.45) is 3.63. The van der Waals surface area contributed by atoms with Crippen molar-refractivity contribution in [2.75, 3.05) is 0 Å². The number of rotatable bonds is 6. The molecular weight excluding hydrogens is 426 g/mol. The van der Waals surface area contributed by atoms with E-state index >= 15 is 0 Å². The molecule has 0 aliphatic rings. The average molecular weight is 458 g/mol. The van der Waals surface area contributed by atoms with Crippen LogP contribution < -0.4 is 0 Å². The van der Waals surface area contributed by atoms with Crippen LogP contribution in [0.5, 0.6) is 0 Å². The lowest BCUT2D eigenvalue weighted by atomic mass is 10.1. The minimum atomic E-state index is -1.85. The summed E-state index contributed by atoms with van der Waals surface area (Å²) in [5.41, 5.74) is 4.55. The Hall–Kier alpha value is -3.16. The van der Waals surface area contributed by atoms with Crippen molar-refractivity contribution in [3.63, 3.8) is 0 Å². The smallest absolute Gasteiger partial charge is 0.192 e. The summed E-state index contributed by atoms with van der Waals surface area (Å²) in [4.78, 5) is 13.8. The SMILES string of the molecule is C=C(C)c1nccc(-c2ccc3cnn(-c4cccc(CO[Si](C)(C)C(C)(C)C)n4)c3c2)n1. The highest BCUT2D eigenvalue weighted by molar-refractivity contribution is 6.74. The maximum atomic E-state index is 6.37. The molecule has 0 saturated carbocycles. The Kier molecular flexibility index (Phi) is 6.03. The van der Waals surface area contributed by atoms with Gasteiger partial charge in [0.1, 0.15) is 0 Å². The number of benzene rings is 1. The highest BCUT2D eigenvalue weighted by atomic mass is 28.4. The maximum absolute atomic E-state index is 6.37. The van der Waals surface area contributed by atoms with Gasteiger partial charge >= 0.3 is 0 Å². The fraction of sp³-hybridized carbons (Fsp3) is 0.308. The van der Waals surface area contributed by atoms with Gasteiger partial charge in [0.05, 0.1) is 29.7 Å². The van der Waals surface area contributed by atoms with E-state index in [1.165, 1.54) is 0 Å². The summed E-state index contributed by atoms with van der Waals surface area (Å²) in [6, 6.07) is 14.1. The molecule has 0 atom stereocenters. The van der Waals surface area contributed by atoms with E-state index in [2.05, 4.69) is 73.7 Å². The number of aromatic nitrogens is 5. The van der Waals surface area contributed by atoms with Crippen molar-refractivity contribution in [1.82, 2.24) is 24.7 Å². The Labute approximate surface area is 196 Å². The van der Waals surface area contributed by atoms with E-state index in [0.29, 0.717) is 12.4 Å². The molecule has 33 heavy (non-hydrogen) atoms. The molecule has 170 valence electrons. The van der Waals surface area contributed by atoms with Crippen LogP contribution in [0.15, 0.2) is 61.4 Å². The molecule has 3 aromatic heterocycles. The molecular formula is C26H31N5OSi. The summed E-state index contributed by atoms with van der Waals surface area (Å²) in [6.45, 7) is 17.6. The molecule has 0 unspecified atom stereocenters. The molecule has 0 amide bonds. The summed E-state index contributed by atoms with van der Waals surface area (Å²) in [7, 11) is -1.85. The molecule has 0 aliphatic heterocycles. The Morgan fingerprint density at radius 2 is 1.88 bits per heavy atom. The molecule has 4 aromatic rings. The van der Waals surface area contributed by atoms with Crippen LogP contribution in [0.2, 0.25) is 18.1 Å². The molecule has 6 nitrogen and oxygen atoms in total. The zero-order valence-electron chi connectivity index (χ0n) is 20.3. The number of pyridine rings is 1. The molecule has 0 aliphatic carbocycles. The van der Waals surface area contributed by atoms with E-state index in [4.69, 9.17) is 9.41 Å². The summed E-state index contributed by atoms with van der Waals surface area (Å²) >= 11 is 0. The van der Waals surface area contributed by atoms with Gasteiger partial charge in [0, 0.05) is 17.1 Å². The molecule has 3 heterocycles. The first-order valence-corrected chi connectivity index (χ1v) is 14.0. The van der Waals surface area contributed by atoms with E-state index in [0.717, 1.165) is 39.2 Å². The number of nitrogens with zero attached hydrogens (tertiary/aromatic N) is 5. The Balaban J connectivity index is 1.67. The molecule has 0 N–H and O–H groups in total. The Morgan fingerprint density at radius 1 is 1.09 bits per heavy atom. The third-order valence-corrected chi connectivity index (χ3v) is 10.8. The van der Waals surface area contributed by atoms with Gasteiger partial charge in [0.25, 0.3) is 0 Å². The van der Waals surface area contributed by atoms with Crippen LogP contribution in [0.1, 0.15) is 39.2 Å². The lowest BCUT2D eigenvalue weighted by molar-refractivity contribution is 0.272. The van der Waals surface area contributed by atoms with Gasteiger partial charge in [0.2, 0.25) is 0 Å². The van der Waals surface area contributed by atoms with Crippen LogP contribution in [0.4, 0.5) is 0 Å². The molecule has 7 heteroatoms. The first-order valence-electron chi connectivity index (χ1n) is 11.1. The third-order valence-electron chi connectivity index (χ3n) is 6.30. The predicted molar refractivity (Wildman–Crippen MR) is 137 cm³/mol. The quantitative estimate of drug-likeness (QED) is 0.312. The van der Waals surface area contributed by atoms with E-state index in [1.54, 1.807) is 6.20 Å². The first-order chi connectivity index (χ1) is 15.5. The Morgan fingerprint density at radius 3 is 2.61 bits per heavy atom. The van der Waals surface area contributed by atoms with Crippen LogP contribution in [-0.2, 0) is 11.0 Å². The van der Waals surface area contributed by atoms with Crippen molar-refractivity contribution < 1.29 is 4.43 Å². The third kappa shape index (κ3) is 4.79. The standard InChI is InChI=1S/C26H31N5OSi/c1-18(2)25-27-14-13-22(30-25)19-11-12-20-16-28-31(23(20)15-19)24-10-8-9-21(29-24)17-32-33(6,7)26(3,4)5/h8-16H,1,17H2,2-7H3. The molecule has 4 rings (SSSR count). The van der Waals surface area contributed by atoms with Crippen molar-refractivity contribution in [2.45, 2.75) is 52.4 Å². The van der Waals surface area contributed by atoms with Gasteiger partial charge in [-0.2, -0.15) is 5.10 Å². The van der Waals surface area contributed by atoms with Crippen LogP contribution in [0.3, 0.4) is 0 Å². The van der Waals surface area contributed by atoms with Gasteiger partial charge in [-0.05, 0) is 54.9 Å². The van der Waals surface area contributed by atoms with Crippen LogP contribution in [0.25, 0.3) is 33.6 Å². The minimum Gasteiger partial charge on any atom is -0.411 e. The monoisotopic (exact) mass is 457 g/mol. The first kappa shape index (κ1) is 23.0. The second-order valence-electron chi connectivity index (χ2n) is 9.91. The highest BCUT2D eigenvalue weighted by Gasteiger charge is 2.37. The number of fused-ring (bicyclic) bond motifs is 1. The predicted octanol–water partition coefficient (Wildman–Crippen LogP) is 6.43. The molecule has 0 radical (unpaired) electrons. The zero-order valence-corrected chi connectivity index (χ0v) is 21.3. The van der Waals surface area contributed by atoms with Gasteiger partial charge in [-0.3, -0.25) is 0 Å².